The smallest absolute Gasteiger partial charge is 0.352 e. The molecule has 1 amide bonds. The molecule has 4 aromatic rings. The van der Waals surface area contributed by atoms with Gasteiger partial charge in [-0.05, 0) is 30.2 Å². The molecule has 1 N–H and O–H groups in total. The monoisotopic (exact) mass is 442 g/mol. The number of pyridine rings is 2. The fourth-order valence-electron chi connectivity index (χ4n) is 3.46. The van der Waals surface area contributed by atoms with Crippen LogP contribution in [0.15, 0.2) is 55.1 Å². The topological polar surface area (TPSA) is 77.1 Å². The van der Waals surface area contributed by atoms with E-state index in [1.54, 1.807) is 0 Å². The molecule has 32 heavy (non-hydrogen) atoms. The van der Waals surface area contributed by atoms with Crippen LogP contribution in [0.5, 0.6) is 0 Å². The van der Waals surface area contributed by atoms with Crippen LogP contribution in [0.25, 0.3) is 11.5 Å². The Morgan fingerprint density at radius 3 is 2.62 bits per heavy atom. The van der Waals surface area contributed by atoms with Crippen molar-refractivity contribution in [2.24, 2.45) is 0 Å². The van der Waals surface area contributed by atoms with E-state index in [0.717, 1.165) is 23.6 Å². The molecular weight excluding hydrogens is 421 g/mol. The van der Waals surface area contributed by atoms with Gasteiger partial charge in [0.2, 0.25) is 0 Å². The summed E-state index contributed by atoms with van der Waals surface area (Å²) in [5, 5.41) is 7.08. The van der Waals surface area contributed by atoms with Crippen LogP contribution in [0, 0.1) is 0 Å². The maximum absolute atomic E-state index is 12.8. The molecule has 0 spiro atoms. The van der Waals surface area contributed by atoms with Crippen LogP contribution in [0.2, 0.25) is 0 Å². The summed E-state index contributed by atoms with van der Waals surface area (Å²) in [6.45, 7) is 4.14. The maximum Gasteiger partial charge on any atom is 0.417 e. The number of hydrogen-bond acceptors (Lipinski definition) is 4. The molecule has 0 aliphatic heterocycles. The standard InChI is InChI=1S/C22H21F3N6O/c1-14(2)20-17(12-28-31(20)18-7-6-15(11-27-18)22(23,24)25)21(32)26-9-8-16-13-30-10-4-3-5-19(30)29-16/h3-7,10-14H,8-9H2,1-2H3,(H,26,32). The molecule has 4 aromatic heterocycles. The highest BCUT2D eigenvalue weighted by Gasteiger charge is 2.31. The van der Waals surface area contributed by atoms with E-state index in [4.69, 9.17) is 0 Å². The molecule has 0 radical (unpaired) electrons. The minimum atomic E-state index is -4.47. The summed E-state index contributed by atoms with van der Waals surface area (Å²) in [5.41, 5.74) is 1.77. The predicted molar refractivity (Wildman–Crippen MR) is 112 cm³/mol. The minimum Gasteiger partial charge on any atom is -0.352 e. The van der Waals surface area contributed by atoms with E-state index in [2.05, 4.69) is 20.4 Å². The second-order valence-corrected chi connectivity index (χ2v) is 7.62. The van der Waals surface area contributed by atoms with E-state index in [0.29, 0.717) is 24.2 Å². The minimum absolute atomic E-state index is 0.110. The first-order valence-electron chi connectivity index (χ1n) is 10.1. The summed E-state index contributed by atoms with van der Waals surface area (Å²) in [4.78, 5) is 21.2. The highest BCUT2D eigenvalue weighted by Crippen LogP contribution is 2.29. The number of halogens is 3. The van der Waals surface area contributed by atoms with Crippen LogP contribution in [0.3, 0.4) is 0 Å². The third kappa shape index (κ3) is 4.34. The number of nitrogens with one attached hydrogen (secondary N) is 1. The van der Waals surface area contributed by atoms with Crippen LogP contribution in [0.1, 0.15) is 47.1 Å². The number of alkyl halides is 3. The molecule has 4 rings (SSSR count). The van der Waals surface area contributed by atoms with Gasteiger partial charge in [-0.3, -0.25) is 4.79 Å². The summed E-state index contributed by atoms with van der Waals surface area (Å²) in [6.07, 6.45) is 2.07. The average Bonchev–Trinajstić information content (AvgIpc) is 3.37. The van der Waals surface area contributed by atoms with Crippen LogP contribution in [0.4, 0.5) is 13.2 Å². The molecular formula is C22H21F3N6O. The number of nitrogens with zero attached hydrogens (tertiary/aromatic N) is 5. The first kappa shape index (κ1) is 21.5. The fourth-order valence-corrected chi connectivity index (χ4v) is 3.46. The van der Waals surface area contributed by atoms with Crippen molar-refractivity contribution >= 4 is 11.6 Å². The van der Waals surface area contributed by atoms with E-state index in [-0.39, 0.29) is 17.6 Å². The number of fused-ring (bicyclic) bond motifs is 1. The Bertz CT molecular complexity index is 1210. The van der Waals surface area contributed by atoms with Gasteiger partial charge in [0.1, 0.15) is 5.65 Å². The van der Waals surface area contributed by atoms with Crippen molar-refractivity contribution in [3.05, 3.63) is 77.6 Å². The van der Waals surface area contributed by atoms with Crippen molar-refractivity contribution in [1.29, 1.82) is 0 Å². The van der Waals surface area contributed by atoms with E-state index in [9.17, 15) is 18.0 Å². The lowest BCUT2D eigenvalue weighted by molar-refractivity contribution is -0.137. The van der Waals surface area contributed by atoms with Gasteiger partial charge in [-0.15, -0.1) is 0 Å². The molecule has 0 aromatic carbocycles. The Morgan fingerprint density at radius 2 is 1.97 bits per heavy atom. The SMILES string of the molecule is CC(C)c1c(C(=O)NCCc2cn3ccccc3n2)cnn1-c1ccc(C(F)(F)F)cn1. The van der Waals surface area contributed by atoms with Gasteiger partial charge < -0.3 is 9.72 Å². The predicted octanol–water partition coefficient (Wildman–Crippen LogP) is 4.03. The molecule has 0 unspecified atom stereocenters. The van der Waals surface area contributed by atoms with Crippen molar-refractivity contribution in [1.82, 2.24) is 29.5 Å². The summed E-state index contributed by atoms with van der Waals surface area (Å²) < 4.78 is 41.8. The Kier molecular flexibility index (Phi) is 5.68. The van der Waals surface area contributed by atoms with Crippen molar-refractivity contribution in [2.45, 2.75) is 32.4 Å². The average molecular weight is 442 g/mol. The maximum atomic E-state index is 12.8. The second-order valence-electron chi connectivity index (χ2n) is 7.62. The molecule has 10 heteroatoms. The molecule has 0 bridgehead atoms. The van der Waals surface area contributed by atoms with Gasteiger partial charge >= 0.3 is 6.18 Å². The van der Waals surface area contributed by atoms with E-state index in [1.807, 2.05) is 48.8 Å². The van der Waals surface area contributed by atoms with Crippen molar-refractivity contribution in [3.63, 3.8) is 0 Å². The molecule has 0 atom stereocenters. The Balaban J connectivity index is 1.49. The zero-order valence-corrected chi connectivity index (χ0v) is 17.5. The molecule has 4 heterocycles. The summed E-state index contributed by atoms with van der Waals surface area (Å²) in [5.74, 6) is -0.207. The van der Waals surface area contributed by atoms with Crippen LogP contribution in [-0.2, 0) is 12.6 Å². The van der Waals surface area contributed by atoms with Gasteiger partial charge in [0.25, 0.3) is 5.91 Å². The van der Waals surface area contributed by atoms with E-state index < -0.39 is 11.7 Å². The largest absolute Gasteiger partial charge is 0.417 e. The number of aromatic nitrogens is 5. The van der Waals surface area contributed by atoms with E-state index in [1.165, 1.54) is 16.9 Å². The summed E-state index contributed by atoms with van der Waals surface area (Å²) >= 11 is 0. The quantitative estimate of drug-likeness (QED) is 0.489. The number of amides is 1. The van der Waals surface area contributed by atoms with Gasteiger partial charge in [0, 0.05) is 31.6 Å². The number of carbonyl (C=O) groups excluding carboxylic acids is 1. The molecule has 7 nitrogen and oxygen atoms in total. The number of hydrogen-bond donors (Lipinski definition) is 1. The van der Waals surface area contributed by atoms with Crippen LogP contribution >= 0.6 is 0 Å². The fraction of sp³-hybridized carbons (Fsp3) is 0.273. The molecule has 0 aliphatic rings. The number of imidazole rings is 1. The zero-order valence-electron chi connectivity index (χ0n) is 17.5. The van der Waals surface area contributed by atoms with Gasteiger partial charge in [-0.2, -0.15) is 18.3 Å². The first-order chi connectivity index (χ1) is 15.2. The molecule has 0 aliphatic carbocycles. The van der Waals surface area contributed by atoms with Gasteiger partial charge in [0.15, 0.2) is 5.82 Å². The molecule has 166 valence electrons. The normalized spacial score (nSPS) is 11.9. The van der Waals surface area contributed by atoms with Crippen molar-refractivity contribution in [2.75, 3.05) is 6.54 Å². The lowest BCUT2D eigenvalue weighted by atomic mass is 10.1. The van der Waals surface area contributed by atoms with E-state index >= 15 is 0 Å². The lowest BCUT2D eigenvalue weighted by Gasteiger charge is -2.13. The molecule has 0 fully saturated rings. The van der Waals surface area contributed by atoms with Gasteiger partial charge in [0.05, 0.1) is 28.7 Å². The van der Waals surface area contributed by atoms with Crippen LogP contribution < -0.4 is 5.32 Å². The highest BCUT2D eigenvalue weighted by molar-refractivity contribution is 5.95. The lowest BCUT2D eigenvalue weighted by Crippen LogP contribution is -2.27. The first-order valence-corrected chi connectivity index (χ1v) is 10.1. The number of carbonyl (C=O) groups is 1. The Labute approximate surface area is 181 Å². The highest BCUT2D eigenvalue weighted by atomic mass is 19.4. The third-order valence-electron chi connectivity index (χ3n) is 4.97. The number of rotatable bonds is 6. The van der Waals surface area contributed by atoms with Crippen molar-refractivity contribution in [3.8, 4) is 5.82 Å². The van der Waals surface area contributed by atoms with Crippen molar-refractivity contribution < 1.29 is 18.0 Å². The molecule has 0 saturated carbocycles. The van der Waals surface area contributed by atoms with Gasteiger partial charge in [-0.25, -0.2) is 14.6 Å². The van der Waals surface area contributed by atoms with Gasteiger partial charge in [-0.1, -0.05) is 19.9 Å². The van der Waals surface area contributed by atoms with Crippen LogP contribution in [-0.4, -0.2) is 36.6 Å². The molecule has 0 saturated heterocycles. The second kappa shape index (κ2) is 8.45. The Hall–Kier alpha value is -3.69. The summed E-state index contributed by atoms with van der Waals surface area (Å²) in [6, 6.07) is 7.91. The Morgan fingerprint density at radius 1 is 1.16 bits per heavy atom. The summed E-state index contributed by atoms with van der Waals surface area (Å²) in [7, 11) is 0. The third-order valence-corrected chi connectivity index (χ3v) is 4.97. The zero-order chi connectivity index (χ0) is 22.9.